The van der Waals surface area contributed by atoms with Crippen molar-refractivity contribution in [3.8, 4) is 0 Å². The van der Waals surface area contributed by atoms with Crippen molar-refractivity contribution in [3.05, 3.63) is 119 Å². The number of furan rings is 1. The number of hydrogen-bond acceptors (Lipinski definition) is 3. The van der Waals surface area contributed by atoms with Gasteiger partial charge in [0.1, 0.15) is 11.2 Å². The van der Waals surface area contributed by atoms with Gasteiger partial charge in [-0.2, -0.15) is 0 Å². The van der Waals surface area contributed by atoms with E-state index in [1.165, 1.54) is 16.7 Å². The molecule has 0 saturated heterocycles. The standard InChI is InChI=1S/C37H42O3Si/c1-7-33(38)29-19-21-34-31(23-29)32-24-30(20-22-35(32)39-34)36(40-41(5,6)37(2,3)4)25-28-16-12-11-15-27(28)18-17-26-13-9-8-10-14-26/h8-16,19-24,36H,7,17-18,25H2,1-6H3. The molecular formula is C37H42O3Si. The molecule has 0 radical (unpaired) electrons. The van der Waals surface area contributed by atoms with Gasteiger partial charge in [-0.1, -0.05) is 88.4 Å². The Morgan fingerprint density at radius 1 is 0.805 bits per heavy atom. The summed E-state index contributed by atoms with van der Waals surface area (Å²) >= 11 is 0. The van der Waals surface area contributed by atoms with Gasteiger partial charge in [-0.15, -0.1) is 0 Å². The number of carbonyl (C=O) groups is 1. The number of hydrogen-bond donors (Lipinski definition) is 0. The second-order valence-corrected chi connectivity index (χ2v) is 17.4. The summed E-state index contributed by atoms with van der Waals surface area (Å²) in [6.07, 6.45) is 3.20. The molecule has 41 heavy (non-hydrogen) atoms. The highest BCUT2D eigenvalue weighted by Gasteiger charge is 2.39. The van der Waals surface area contributed by atoms with E-state index in [1.807, 2.05) is 25.1 Å². The first-order valence-corrected chi connectivity index (χ1v) is 17.7. The molecule has 0 amide bonds. The Labute approximate surface area is 245 Å². The van der Waals surface area contributed by atoms with E-state index in [4.69, 9.17) is 8.84 Å². The molecule has 5 aromatic rings. The zero-order valence-electron chi connectivity index (χ0n) is 25.3. The summed E-state index contributed by atoms with van der Waals surface area (Å²) < 4.78 is 13.4. The number of ketones is 1. The summed E-state index contributed by atoms with van der Waals surface area (Å²) in [6.45, 7) is 13.4. The van der Waals surface area contributed by atoms with Crippen LogP contribution < -0.4 is 0 Å². The third kappa shape index (κ3) is 6.39. The Balaban J connectivity index is 1.54. The van der Waals surface area contributed by atoms with E-state index in [9.17, 15) is 4.79 Å². The minimum atomic E-state index is -2.10. The fourth-order valence-corrected chi connectivity index (χ4v) is 6.54. The molecule has 1 heterocycles. The van der Waals surface area contributed by atoms with Crippen LogP contribution in [-0.2, 0) is 23.7 Å². The van der Waals surface area contributed by atoms with Crippen LogP contribution in [0.25, 0.3) is 21.9 Å². The molecule has 212 valence electrons. The molecule has 0 N–H and O–H groups in total. The normalized spacial score (nSPS) is 13.1. The van der Waals surface area contributed by atoms with Crippen molar-refractivity contribution in [1.82, 2.24) is 0 Å². The predicted molar refractivity (Wildman–Crippen MR) is 173 cm³/mol. The van der Waals surface area contributed by atoms with Crippen molar-refractivity contribution in [2.75, 3.05) is 0 Å². The van der Waals surface area contributed by atoms with E-state index in [2.05, 4.69) is 107 Å². The van der Waals surface area contributed by atoms with Crippen LogP contribution in [0.5, 0.6) is 0 Å². The summed E-state index contributed by atoms with van der Waals surface area (Å²) in [7, 11) is -2.10. The maximum absolute atomic E-state index is 12.5. The fourth-order valence-electron chi connectivity index (χ4n) is 5.26. The Hall–Kier alpha value is -3.47. The lowest BCUT2D eigenvalue weighted by Gasteiger charge is -2.39. The summed E-state index contributed by atoms with van der Waals surface area (Å²) in [5.41, 5.74) is 7.58. The van der Waals surface area contributed by atoms with Gasteiger partial charge in [-0.05, 0) is 83.6 Å². The number of rotatable bonds is 10. The van der Waals surface area contributed by atoms with Gasteiger partial charge in [0.05, 0.1) is 6.10 Å². The first-order valence-electron chi connectivity index (χ1n) is 14.8. The van der Waals surface area contributed by atoms with Crippen molar-refractivity contribution >= 4 is 36.0 Å². The largest absolute Gasteiger partial charge is 0.456 e. The van der Waals surface area contributed by atoms with Gasteiger partial charge < -0.3 is 8.84 Å². The molecule has 1 atom stereocenters. The van der Waals surface area contributed by atoms with Gasteiger partial charge in [-0.3, -0.25) is 4.79 Å². The molecule has 0 fully saturated rings. The molecule has 4 heteroatoms. The van der Waals surface area contributed by atoms with Crippen LogP contribution in [0.15, 0.2) is 95.4 Å². The molecule has 0 aliphatic heterocycles. The van der Waals surface area contributed by atoms with E-state index >= 15 is 0 Å². The predicted octanol–water partition coefficient (Wildman–Crippen LogP) is 10.3. The highest BCUT2D eigenvalue weighted by Crippen LogP contribution is 2.42. The average molecular weight is 563 g/mol. The van der Waals surface area contributed by atoms with Crippen LogP contribution in [0, 0.1) is 0 Å². The minimum absolute atomic E-state index is 0.0833. The molecule has 1 unspecified atom stereocenters. The van der Waals surface area contributed by atoms with Crippen molar-refractivity contribution in [2.24, 2.45) is 0 Å². The van der Waals surface area contributed by atoms with Gasteiger partial charge in [0.2, 0.25) is 0 Å². The van der Waals surface area contributed by atoms with Crippen LogP contribution in [0.2, 0.25) is 18.1 Å². The van der Waals surface area contributed by atoms with E-state index in [0.29, 0.717) is 6.42 Å². The molecule has 5 rings (SSSR count). The third-order valence-electron chi connectivity index (χ3n) is 8.80. The molecule has 0 aliphatic rings. The highest BCUT2D eigenvalue weighted by atomic mass is 28.4. The van der Waals surface area contributed by atoms with Crippen molar-refractivity contribution in [2.45, 2.75) is 77.6 Å². The van der Waals surface area contributed by atoms with Gasteiger partial charge in [0.25, 0.3) is 0 Å². The maximum atomic E-state index is 12.5. The molecule has 4 aromatic carbocycles. The summed E-state index contributed by atoms with van der Waals surface area (Å²) in [6, 6.07) is 31.7. The highest BCUT2D eigenvalue weighted by molar-refractivity contribution is 6.74. The second kappa shape index (κ2) is 11.8. The van der Waals surface area contributed by atoms with Gasteiger partial charge in [0.15, 0.2) is 14.1 Å². The molecule has 0 saturated carbocycles. The molecule has 0 bridgehead atoms. The quantitative estimate of drug-likeness (QED) is 0.126. The number of carbonyl (C=O) groups excluding carboxylic acids is 1. The first kappa shape index (κ1) is 29.0. The number of benzene rings is 4. The third-order valence-corrected chi connectivity index (χ3v) is 13.3. The van der Waals surface area contributed by atoms with E-state index < -0.39 is 8.32 Å². The maximum Gasteiger partial charge on any atom is 0.192 e. The fraction of sp³-hybridized carbons (Fsp3) is 0.324. The van der Waals surface area contributed by atoms with Crippen molar-refractivity contribution < 1.29 is 13.6 Å². The Bertz CT molecular complexity index is 1660. The first-order chi connectivity index (χ1) is 19.6. The lowest BCUT2D eigenvalue weighted by Crippen LogP contribution is -2.42. The molecule has 0 aliphatic carbocycles. The zero-order valence-corrected chi connectivity index (χ0v) is 26.3. The van der Waals surface area contributed by atoms with Gasteiger partial charge in [-0.25, -0.2) is 0 Å². The molecule has 1 aromatic heterocycles. The Morgan fingerprint density at radius 2 is 1.44 bits per heavy atom. The van der Waals surface area contributed by atoms with Crippen molar-refractivity contribution in [3.63, 3.8) is 0 Å². The number of Topliss-reactive ketones (excluding diaryl/α,β-unsaturated/α-hetero) is 1. The molecule has 3 nitrogen and oxygen atoms in total. The average Bonchev–Trinajstić information content (AvgIpc) is 3.33. The summed E-state index contributed by atoms with van der Waals surface area (Å²) in [5.74, 6) is 0.142. The van der Waals surface area contributed by atoms with E-state index in [1.54, 1.807) is 0 Å². The van der Waals surface area contributed by atoms with Crippen molar-refractivity contribution in [1.29, 1.82) is 0 Å². The Kier molecular flexibility index (Phi) is 8.35. The van der Waals surface area contributed by atoms with E-state index in [0.717, 1.165) is 52.3 Å². The summed E-state index contributed by atoms with van der Waals surface area (Å²) in [4.78, 5) is 12.5. The monoisotopic (exact) mass is 562 g/mol. The smallest absolute Gasteiger partial charge is 0.192 e. The van der Waals surface area contributed by atoms with Crippen LogP contribution in [0.3, 0.4) is 0 Å². The Morgan fingerprint density at radius 3 is 2.12 bits per heavy atom. The second-order valence-electron chi connectivity index (χ2n) is 12.7. The van der Waals surface area contributed by atoms with Crippen LogP contribution >= 0.6 is 0 Å². The van der Waals surface area contributed by atoms with Crippen LogP contribution in [0.4, 0.5) is 0 Å². The van der Waals surface area contributed by atoms with Gasteiger partial charge in [0, 0.05) is 29.2 Å². The van der Waals surface area contributed by atoms with Crippen LogP contribution in [0.1, 0.15) is 72.8 Å². The van der Waals surface area contributed by atoms with Gasteiger partial charge >= 0.3 is 0 Å². The SMILES string of the molecule is CCC(=O)c1ccc2oc3ccc(C(Cc4ccccc4CCc4ccccc4)O[Si](C)(C)C(C)(C)C)cc3c2c1. The lowest BCUT2D eigenvalue weighted by atomic mass is 9.93. The topological polar surface area (TPSA) is 39.4 Å². The minimum Gasteiger partial charge on any atom is -0.456 e. The zero-order chi connectivity index (χ0) is 29.2. The van der Waals surface area contributed by atoms with Crippen LogP contribution in [-0.4, -0.2) is 14.1 Å². The summed E-state index contributed by atoms with van der Waals surface area (Å²) in [5, 5.41) is 2.10. The van der Waals surface area contributed by atoms with E-state index in [-0.39, 0.29) is 16.9 Å². The number of fused-ring (bicyclic) bond motifs is 3. The lowest BCUT2D eigenvalue weighted by molar-refractivity contribution is 0.0988. The number of aryl methyl sites for hydroxylation is 2. The molecular weight excluding hydrogens is 520 g/mol. The molecule has 0 spiro atoms.